The van der Waals surface area contributed by atoms with Gasteiger partial charge >= 0.3 is 0 Å². The Labute approximate surface area is 201 Å². The molecule has 1 aromatic heterocycles. The number of imidazole rings is 1. The SMILES string of the molecule is COc1ccc(CC(=O)NCCCCCc2nc3ccccc3n2Cc2ccc(C)cc2)cc1. The van der Waals surface area contributed by atoms with E-state index in [1.165, 1.54) is 16.6 Å². The lowest BCUT2D eigenvalue weighted by Gasteiger charge is -2.10. The molecule has 0 saturated carbocycles. The molecule has 3 aromatic carbocycles. The van der Waals surface area contributed by atoms with E-state index in [1.54, 1.807) is 7.11 Å². The van der Waals surface area contributed by atoms with Crippen LogP contribution in [0.4, 0.5) is 0 Å². The summed E-state index contributed by atoms with van der Waals surface area (Å²) in [7, 11) is 1.64. The van der Waals surface area contributed by atoms with Crippen molar-refractivity contribution < 1.29 is 9.53 Å². The van der Waals surface area contributed by atoms with Crippen molar-refractivity contribution >= 4 is 16.9 Å². The van der Waals surface area contributed by atoms with Gasteiger partial charge in [0.15, 0.2) is 0 Å². The number of aryl methyl sites for hydroxylation is 2. The fourth-order valence-corrected chi connectivity index (χ4v) is 4.17. The number of hydrogen-bond donors (Lipinski definition) is 1. The van der Waals surface area contributed by atoms with Gasteiger partial charge in [0, 0.05) is 19.5 Å². The van der Waals surface area contributed by atoms with Gasteiger partial charge in [-0.1, -0.05) is 60.5 Å². The summed E-state index contributed by atoms with van der Waals surface area (Å²) in [6.07, 6.45) is 4.39. The highest BCUT2D eigenvalue weighted by Crippen LogP contribution is 2.20. The number of aromatic nitrogens is 2. The van der Waals surface area contributed by atoms with E-state index in [4.69, 9.17) is 9.72 Å². The largest absolute Gasteiger partial charge is 0.497 e. The van der Waals surface area contributed by atoms with Crippen molar-refractivity contribution in [1.29, 1.82) is 0 Å². The number of ether oxygens (including phenoxy) is 1. The summed E-state index contributed by atoms with van der Waals surface area (Å²) in [5.41, 5.74) is 5.79. The van der Waals surface area contributed by atoms with Gasteiger partial charge in [-0.2, -0.15) is 0 Å². The average molecular weight is 456 g/mol. The molecule has 1 N–H and O–H groups in total. The number of nitrogens with one attached hydrogen (secondary N) is 1. The predicted molar refractivity (Wildman–Crippen MR) is 137 cm³/mol. The van der Waals surface area contributed by atoms with Crippen molar-refractivity contribution in [3.05, 3.63) is 95.3 Å². The van der Waals surface area contributed by atoms with Crippen LogP contribution in [0, 0.1) is 6.92 Å². The van der Waals surface area contributed by atoms with Crippen molar-refractivity contribution in [3.63, 3.8) is 0 Å². The van der Waals surface area contributed by atoms with Gasteiger partial charge in [0.2, 0.25) is 5.91 Å². The molecule has 0 radical (unpaired) electrons. The van der Waals surface area contributed by atoms with Crippen LogP contribution in [0.25, 0.3) is 11.0 Å². The van der Waals surface area contributed by atoms with Crippen LogP contribution in [0.3, 0.4) is 0 Å². The van der Waals surface area contributed by atoms with Crippen LogP contribution in [-0.2, 0) is 24.2 Å². The Morgan fingerprint density at radius 3 is 2.41 bits per heavy atom. The van der Waals surface area contributed by atoms with E-state index in [-0.39, 0.29) is 5.91 Å². The number of amides is 1. The van der Waals surface area contributed by atoms with Crippen molar-refractivity contribution in [2.24, 2.45) is 0 Å². The number of rotatable bonds is 11. The van der Waals surface area contributed by atoms with Crippen molar-refractivity contribution in [1.82, 2.24) is 14.9 Å². The minimum absolute atomic E-state index is 0.0602. The lowest BCUT2D eigenvalue weighted by molar-refractivity contribution is -0.120. The van der Waals surface area contributed by atoms with Gasteiger partial charge < -0.3 is 14.6 Å². The Bertz CT molecular complexity index is 1210. The third-order valence-corrected chi connectivity index (χ3v) is 6.12. The Balaban J connectivity index is 1.25. The highest BCUT2D eigenvalue weighted by molar-refractivity contribution is 5.78. The molecule has 4 rings (SSSR count). The first-order chi connectivity index (χ1) is 16.6. The van der Waals surface area contributed by atoms with Crippen LogP contribution in [0.15, 0.2) is 72.8 Å². The standard InChI is InChI=1S/C29H33N3O2/c1-22-11-13-24(14-12-22)21-32-27-9-6-5-8-26(27)31-28(32)10-4-3-7-19-30-29(33)20-23-15-17-25(34-2)18-16-23/h5-6,8-9,11-18H,3-4,7,10,19-21H2,1-2H3,(H,30,33). The molecule has 1 heterocycles. The van der Waals surface area contributed by atoms with E-state index in [0.717, 1.165) is 54.9 Å². The number of methoxy groups -OCH3 is 1. The fourth-order valence-electron chi connectivity index (χ4n) is 4.17. The molecule has 4 aromatic rings. The summed E-state index contributed by atoms with van der Waals surface area (Å²) < 4.78 is 7.50. The maximum atomic E-state index is 12.2. The molecule has 0 atom stereocenters. The zero-order valence-electron chi connectivity index (χ0n) is 20.1. The molecule has 0 spiro atoms. The highest BCUT2D eigenvalue weighted by Gasteiger charge is 2.11. The Morgan fingerprint density at radius 1 is 0.912 bits per heavy atom. The van der Waals surface area contributed by atoms with Crippen molar-refractivity contribution in [2.75, 3.05) is 13.7 Å². The van der Waals surface area contributed by atoms with Crippen molar-refractivity contribution in [2.45, 2.75) is 45.6 Å². The molecule has 176 valence electrons. The summed E-state index contributed by atoms with van der Waals surface area (Å²) in [6.45, 7) is 3.65. The van der Waals surface area contributed by atoms with Gasteiger partial charge in [-0.3, -0.25) is 4.79 Å². The number of carbonyl (C=O) groups is 1. The Morgan fingerprint density at radius 2 is 1.65 bits per heavy atom. The van der Waals surface area contributed by atoms with Crippen LogP contribution < -0.4 is 10.1 Å². The molecule has 1 amide bonds. The molecule has 5 nitrogen and oxygen atoms in total. The number of fused-ring (bicyclic) bond motifs is 1. The summed E-state index contributed by atoms with van der Waals surface area (Å²) in [5.74, 6) is 1.99. The highest BCUT2D eigenvalue weighted by atomic mass is 16.5. The third kappa shape index (κ3) is 6.25. The zero-order valence-corrected chi connectivity index (χ0v) is 20.1. The van der Waals surface area contributed by atoms with Gasteiger partial charge in [-0.15, -0.1) is 0 Å². The fraction of sp³-hybridized carbons (Fsp3) is 0.310. The number of carbonyl (C=O) groups excluding carboxylic acids is 1. The molecule has 34 heavy (non-hydrogen) atoms. The van der Waals surface area contributed by atoms with Crippen LogP contribution in [0.1, 0.15) is 41.8 Å². The molecule has 0 saturated heterocycles. The quantitative estimate of drug-likeness (QED) is 0.305. The van der Waals surface area contributed by atoms with E-state index >= 15 is 0 Å². The predicted octanol–water partition coefficient (Wildman–Crippen LogP) is 5.47. The molecule has 0 unspecified atom stereocenters. The molecule has 0 aliphatic carbocycles. The van der Waals surface area contributed by atoms with Gasteiger partial charge in [0.1, 0.15) is 11.6 Å². The molecular formula is C29H33N3O2. The molecule has 5 heteroatoms. The first-order valence-corrected chi connectivity index (χ1v) is 12.0. The summed E-state index contributed by atoms with van der Waals surface area (Å²) in [5, 5.41) is 3.04. The lowest BCUT2D eigenvalue weighted by atomic mass is 10.1. The normalized spacial score (nSPS) is 11.0. The summed E-state index contributed by atoms with van der Waals surface area (Å²) in [4.78, 5) is 17.1. The number of hydrogen-bond acceptors (Lipinski definition) is 3. The van der Waals surface area contributed by atoms with Crippen LogP contribution in [0.5, 0.6) is 5.75 Å². The second kappa shape index (κ2) is 11.5. The molecule has 0 fully saturated rings. The molecule has 0 aliphatic heterocycles. The maximum absolute atomic E-state index is 12.2. The Hall–Kier alpha value is -3.60. The monoisotopic (exact) mass is 455 g/mol. The topological polar surface area (TPSA) is 56.1 Å². The van der Waals surface area contributed by atoms with Crippen LogP contribution in [0.2, 0.25) is 0 Å². The first-order valence-electron chi connectivity index (χ1n) is 12.0. The van der Waals surface area contributed by atoms with E-state index in [1.807, 2.05) is 30.3 Å². The van der Waals surface area contributed by atoms with E-state index in [2.05, 4.69) is 59.3 Å². The number of para-hydroxylation sites is 2. The number of benzene rings is 3. The summed E-state index contributed by atoms with van der Waals surface area (Å²) >= 11 is 0. The number of unbranched alkanes of at least 4 members (excludes halogenated alkanes) is 2. The second-order valence-electron chi connectivity index (χ2n) is 8.77. The van der Waals surface area contributed by atoms with E-state index in [9.17, 15) is 4.79 Å². The van der Waals surface area contributed by atoms with E-state index < -0.39 is 0 Å². The smallest absolute Gasteiger partial charge is 0.224 e. The van der Waals surface area contributed by atoms with Gasteiger partial charge in [0.25, 0.3) is 0 Å². The molecular weight excluding hydrogens is 422 g/mol. The first kappa shape index (κ1) is 23.6. The summed E-state index contributed by atoms with van der Waals surface area (Å²) in [6, 6.07) is 24.7. The van der Waals surface area contributed by atoms with Crippen LogP contribution in [-0.4, -0.2) is 29.1 Å². The van der Waals surface area contributed by atoms with Gasteiger partial charge in [0.05, 0.1) is 24.6 Å². The van der Waals surface area contributed by atoms with Crippen molar-refractivity contribution in [3.8, 4) is 5.75 Å². The second-order valence-corrected chi connectivity index (χ2v) is 8.77. The average Bonchev–Trinajstić information content (AvgIpc) is 3.20. The van der Waals surface area contributed by atoms with Gasteiger partial charge in [-0.05, 0) is 55.2 Å². The minimum Gasteiger partial charge on any atom is -0.497 e. The zero-order chi connectivity index (χ0) is 23.8. The lowest BCUT2D eigenvalue weighted by Crippen LogP contribution is -2.26. The van der Waals surface area contributed by atoms with Gasteiger partial charge in [-0.25, -0.2) is 4.98 Å². The van der Waals surface area contributed by atoms with E-state index in [0.29, 0.717) is 13.0 Å². The third-order valence-electron chi connectivity index (χ3n) is 6.12. The molecule has 0 bridgehead atoms. The Kier molecular flexibility index (Phi) is 7.97. The molecule has 0 aliphatic rings. The maximum Gasteiger partial charge on any atom is 0.224 e. The number of nitrogens with zero attached hydrogens (tertiary/aromatic N) is 2. The minimum atomic E-state index is 0.0602. The van der Waals surface area contributed by atoms with Crippen LogP contribution >= 0.6 is 0 Å².